The van der Waals surface area contributed by atoms with Crippen LogP contribution in [0.2, 0.25) is 0 Å². The molecular formula is C23H23F3N2O2. The first-order valence-corrected chi connectivity index (χ1v) is 9.53. The highest BCUT2D eigenvalue weighted by atomic mass is 19.4. The minimum atomic E-state index is -4.51. The van der Waals surface area contributed by atoms with Crippen LogP contribution in [-0.4, -0.2) is 16.7 Å². The van der Waals surface area contributed by atoms with Gasteiger partial charge in [-0.3, -0.25) is 9.79 Å². The first-order chi connectivity index (χ1) is 14.0. The van der Waals surface area contributed by atoms with E-state index in [1.807, 2.05) is 44.2 Å². The van der Waals surface area contributed by atoms with Gasteiger partial charge in [0, 0.05) is 12.1 Å². The van der Waals surface area contributed by atoms with E-state index in [2.05, 4.69) is 10.3 Å². The van der Waals surface area contributed by atoms with Crippen molar-refractivity contribution in [3.63, 3.8) is 0 Å². The summed E-state index contributed by atoms with van der Waals surface area (Å²) in [6.45, 7) is 4.26. The van der Waals surface area contributed by atoms with Crippen LogP contribution >= 0.6 is 0 Å². The van der Waals surface area contributed by atoms with E-state index >= 15 is 0 Å². The molecule has 158 valence electrons. The van der Waals surface area contributed by atoms with Crippen molar-refractivity contribution < 1.29 is 23.1 Å². The molecule has 3 rings (SSSR count). The summed E-state index contributed by atoms with van der Waals surface area (Å²) in [4.78, 5) is 17.4. The third-order valence-corrected chi connectivity index (χ3v) is 4.84. The zero-order valence-electron chi connectivity index (χ0n) is 16.8. The van der Waals surface area contributed by atoms with Gasteiger partial charge < -0.3 is 10.4 Å². The number of aliphatic hydroxyl groups is 1. The molecule has 4 nitrogen and oxygen atoms in total. The SMILES string of the molecule is CC1(C)CC(=NCc2ccccc2)C(C(=O)Nc2cccc(C(F)(F)F)c2)=C(O)C1. The fraction of sp³-hybridized carbons (Fsp3) is 0.304. The van der Waals surface area contributed by atoms with Gasteiger partial charge in [0.15, 0.2) is 0 Å². The summed E-state index contributed by atoms with van der Waals surface area (Å²) in [6.07, 6.45) is -3.77. The Morgan fingerprint density at radius 1 is 1.10 bits per heavy atom. The maximum Gasteiger partial charge on any atom is 0.416 e. The molecule has 0 heterocycles. The second-order valence-corrected chi connectivity index (χ2v) is 8.12. The first kappa shape index (κ1) is 21.6. The number of hydrogen-bond acceptors (Lipinski definition) is 3. The van der Waals surface area contributed by atoms with Gasteiger partial charge in [-0.05, 0) is 35.6 Å². The van der Waals surface area contributed by atoms with E-state index in [1.54, 1.807) is 0 Å². The van der Waals surface area contributed by atoms with E-state index in [9.17, 15) is 23.1 Å². The molecule has 2 aromatic carbocycles. The Morgan fingerprint density at radius 3 is 2.47 bits per heavy atom. The van der Waals surface area contributed by atoms with Gasteiger partial charge in [0.2, 0.25) is 0 Å². The van der Waals surface area contributed by atoms with Gasteiger partial charge in [-0.2, -0.15) is 13.2 Å². The van der Waals surface area contributed by atoms with E-state index < -0.39 is 17.6 Å². The summed E-state index contributed by atoms with van der Waals surface area (Å²) in [7, 11) is 0. The fourth-order valence-corrected chi connectivity index (χ4v) is 3.45. The highest BCUT2D eigenvalue weighted by Gasteiger charge is 2.35. The number of allylic oxidation sites excluding steroid dienone is 1. The van der Waals surface area contributed by atoms with Crippen molar-refractivity contribution in [2.24, 2.45) is 10.4 Å². The fourth-order valence-electron chi connectivity index (χ4n) is 3.45. The minimum absolute atomic E-state index is 0.00219. The van der Waals surface area contributed by atoms with Crippen molar-refractivity contribution in [3.8, 4) is 0 Å². The molecule has 30 heavy (non-hydrogen) atoms. The highest BCUT2D eigenvalue weighted by Crippen LogP contribution is 2.37. The molecule has 2 N–H and O–H groups in total. The number of aliphatic imine (C=N–C) groups is 1. The minimum Gasteiger partial charge on any atom is -0.511 e. The lowest BCUT2D eigenvalue weighted by Crippen LogP contribution is -2.32. The molecule has 0 aromatic heterocycles. The summed E-state index contributed by atoms with van der Waals surface area (Å²) in [5.41, 5.74) is 0.272. The molecule has 1 aliphatic carbocycles. The summed E-state index contributed by atoms with van der Waals surface area (Å²) in [6, 6.07) is 13.9. The predicted octanol–water partition coefficient (Wildman–Crippen LogP) is 5.92. The summed E-state index contributed by atoms with van der Waals surface area (Å²) in [5.74, 6) is -0.781. The normalized spacial score (nSPS) is 17.8. The maximum atomic E-state index is 12.9. The molecule has 0 radical (unpaired) electrons. The number of amides is 1. The number of nitrogens with one attached hydrogen (secondary N) is 1. The van der Waals surface area contributed by atoms with Gasteiger partial charge in [-0.1, -0.05) is 50.2 Å². The predicted molar refractivity (Wildman–Crippen MR) is 110 cm³/mol. The van der Waals surface area contributed by atoms with Crippen LogP contribution in [-0.2, 0) is 17.5 Å². The molecule has 0 aliphatic heterocycles. The maximum absolute atomic E-state index is 12.9. The number of carbonyl (C=O) groups is 1. The number of alkyl halides is 3. The molecule has 1 aliphatic rings. The van der Waals surface area contributed by atoms with Crippen molar-refractivity contribution in [3.05, 3.63) is 77.1 Å². The van der Waals surface area contributed by atoms with E-state index in [0.717, 1.165) is 17.7 Å². The van der Waals surface area contributed by atoms with Crippen LogP contribution in [0, 0.1) is 5.41 Å². The van der Waals surface area contributed by atoms with Crippen molar-refractivity contribution >= 4 is 17.3 Å². The van der Waals surface area contributed by atoms with Crippen LogP contribution in [0.15, 0.2) is 70.9 Å². The molecule has 1 amide bonds. The number of rotatable bonds is 4. The van der Waals surface area contributed by atoms with Crippen molar-refractivity contribution in [1.29, 1.82) is 0 Å². The lowest BCUT2D eigenvalue weighted by atomic mass is 9.76. The van der Waals surface area contributed by atoms with Crippen molar-refractivity contribution in [1.82, 2.24) is 0 Å². The number of carbonyl (C=O) groups excluding carboxylic acids is 1. The molecule has 0 fully saturated rings. The van der Waals surface area contributed by atoms with Crippen LogP contribution in [0.3, 0.4) is 0 Å². The van der Waals surface area contributed by atoms with Gasteiger partial charge in [0.25, 0.3) is 5.91 Å². The van der Waals surface area contributed by atoms with E-state index in [-0.39, 0.29) is 28.9 Å². The zero-order chi connectivity index (χ0) is 21.9. The highest BCUT2D eigenvalue weighted by molar-refractivity contribution is 6.26. The first-order valence-electron chi connectivity index (χ1n) is 9.53. The summed E-state index contributed by atoms with van der Waals surface area (Å²) >= 11 is 0. The molecule has 0 unspecified atom stereocenters. The van der Waals surface area contributed by atoms with E-state index in [4.69, 9.17) is 0 Å². The Labute approximate surface area is 173 Å². The Hall–Kier alpha value is -3.09. The zero-order valence-corrected chi connectivity index (χ0v) is 16.8. The average Bonchev–Trinajstić information content (AvgIpc) is 2.65. The summed E-state index contributed by atoms with van der Waals surface area (Å²) < 4.78 is 38.8. The van der Waals surface area contributed by atoms with Crippen LogP contribution in [0.4, 0.5) is 18.9 Å². The molecule has 0 saturated heterocycles. The second-order valence-electron chi connectivity index (χ2n) is 8.12. The number of halogens is 3. The monoisotopic (exact) mass is 416 g/mol. The molecule has 0 saturated carbocycles. The largest absolute Gasteiger partial charge is 0.511 e. The Kier molecular flexibility index (Phi) is 6.01. The average molecular weight is 416 g/mol. The number of anilines is 1. The number of benzene rings is 2. The second kappa shape index (κ2) is 8.34. The van der Waals surface area contributed by atoms with Crippen LogP contribution in [0.25, 0.3) is 0 Å². The number of aliphatic hydroxyl groups excluding tert-OH is 1. The third kappa shape index (κ3) is 5.28. The van der Waals surface area contributed by atoms with Crippen LogP contribution < -0.4 is 5.32 Å². The Balaban J connectivity index is 1.89. The lowest BCUT2D eigenvalue weighted by molar-refractivity contribution is -0.137. The molecule has 0 bridgehead atoms. The summed E-state index contributed by atoms with van der Waals surface area (Å²) in [5, 5.41) is 13.0. The Bertz CT molecular complexity index is 993. The number of nitrogens with zero attached hydrogens (tertiary/aromatic N) is 1. The molecule has 0 atom stereocenters. The third-order valence-electron chi connectivity index (χ3n) is 4.84. The van der Waals surface area contributed by atoms with E-state index in [0.29, 0.717) is 18.7 Å². The topological polar surface area (TPSA) is 61.7 Å². The van der Waals surface area contributed by atoms with E-state index in [1.165, 1.54) is 12.1 Å². The van der Waals surface area contributed by atoms with Gasteiger partial charge in [0.1, 0.15) is 5.76 Å². The number of hydrogen-bond donors (Lipinski definition) is 2. The van der Waals surface area contributed by atoms with Gasteiger partial charge in [0.05, 0.1) is 23.4 Å². The van der Waals surface area contributed by atoms with Gasteiger partial charge in [-0.15, -0.1) is 0 Å². The van der Waals surface area contributed by atoms with Crippen LogP contribution in [0.1, 0.15) is 37.8 Å². The molecular weight excluding hydrogens is 393 g/mol. The molecule has 7 heteroatoms. The smallest absolute Gasteiger partial charge is 0.416 e. The quantitative estimate of drug-likeness (QED) is 0.650. The van der Waals surface area contributed by atoms with Crippen molar-refractivity contribution in [2.45, 2.75) is 39.4 Å². The standard InChI is InChI=1S/C23H23F3N2O2/c1-22(2)12-18(27-14-15-7-4-3-5-8-15)20(19(29)13-22)21(30)28-17-10-6-9-16(11-17)23(24,25)26/h3-11,29H,12-14H2,1-2H3,(H,28,30). The van der Waals surface area contributed by atoms with Gasteiger partial charge in [-0.25, -0.2) is 0 Å². The Morgan fingerprint density at radius 2 is 1.80 bits per heavy atom. The lowest BCUT2D eigenvalue weighted by Gasteiger charge is -2.31. The van der Waals surface area contributed by atoms with Gasteiger partial charge >= 0.3 is 6.18 Å². The van der Waals surface area contributed by atoms with Crippen LogP contribution in [0.5, 0.6) is 0 Å². The molecule has 2 aromatic rings. The van der Waals surface area contributed by atoms with Crippen molar-refractivity contribution in [2.75, 3.05) is 5.32 Å². The molecule has 0 spiro atoms.